The van der Waals surface area contributed by atoms with Crippen molar-refractivity contribution in [2.24, 2.45) is 11.7 Å². The van der Waals surface area contributed by atoms with E-state index < -0.39 is 17.7 Å². The maximum atomic E-state index is 12.0. The van der Waals surface area contributed by atoms with Crippen LogP contribution in [0.15, 0.2) is 54.6 Å². The SMILES string of the molecule is CCCCc1nc(Cl)c(CO)n1Cc1ccc(C(c2ccccc2)C(C#N)C(N)=O)cc1. The molecule has 0 aliphatic heterocycles. The van der Waals surface area contributed by atoms with Crippen molar-refractivity contribution in [1.82, 2.24) is 9.55 Å². The third-order valence-electron chi connectivity index (χ3n) is 5.62. The first-order valence-electron chi connectivity index (χ1n) is 10.7. The van der Waals surface area contributed by atoms with Crippen LogP contribution in [0.2, 0.25) is 5.15 Å². The molecule has 0 saturated carbocycles. The normalized spacial score (nSPS) is 12.8. The number of aromatic nitrogens is 2. The molecule has 2 atom stereocenters. The molecule has 2 unspecified atom stereocenters. The average molecular weight is 451 g/mol. The summed E-state index contributed by atoms with van der Waals surface area (Å²) in [6, 6.07) is 19.3. The highest BCUT2D eigenvalue weighted by molar-refractivity contribution is 6.30. The number of aliphatic hydroxyl groups is 1. The fraction of sp³-hybridized carbons (Fsp3) is 0.320. The van der Waals surface area contributed by atoms with Gasteiger partial charge < -0.3 is 15.4 Å². The highest BCUT2D eigenvalue weighted by Crippen LogP contribution is 2.32. The van der Waals surface area contributed by atoms with Gasteiger partial charge in [0.1, 0.15) is 11.7 Å². The second kappa shape index (κ2) is 10.9. The van der Waals surface area contributed by atoms with Crippen LogP contribution in [-0.4, -0.2) is 20.6 Å². The van der Waals surface area contributed by atoms with Crippen LogP contribution in [0, 0.1) is 17.2 Å². The van der Waals surface area contributed by atoms with E-state index >= 15 is 0 Å². The Morgan fingerprint density at radius 1 is 1.19 bits per heavy atom. The topological polar surface area (TPSA) is 105 Å². The molecule has 3 rings (SSSR count). The van der Waals surface area contributed by atoms with Gasteiger partial charge in [0.2, 0.25) is 5.91 Å². The Balaban J connectivity index is 1.93. The maximum Gasteiger partial charge on any atom is 0.235 e. The summed E-state index contributed by atoms with van der Waals surface area (Å²) in [5, 5.41) is 19.7. The second-order valence-corrected chi connectivity index (χ2v) is 8.11. The number of nitriles is 1. The number of carbonyl (C=O) groups is 1. The minimum Gasteiger partial charge on any atom is -0.390 e. The van der Waals surface area contributed by atoms with Gasteiger partial charge in [-0.1, -0.05) is 79.5 Å². The van der Waals surface area contributed by atoms with Crippen molar-refractivity contribution in [2.75, 3.05) is 0 Å². The van der Waals surface area contributed by atoms with Gasteiger partial charge in [0.15, 0.2) is 5.15 Å². The number of hydrogen-bond donors (Lipinski definition) is 2. The smallest absolute Gasteiger partial charge is 0.235 e. The number of unbranched alkanes of at least 4 members (excludes halogenated alkanes) is 1. The number of carbonyl (C=O) groups excluding carboxylic acids is 1. The molecular weight excluding hydrogens is 424 g/mol. The van der Waals surface area contributed by atoms with E-state index in [4.69, 9.17) is 17.3 Å². The van der Waals surface area contributed by atoms with Crippen LogP contribution in [-0.2, 0) is 24.4 Å². The number of aliphatic hydroxyl groups excluding tert-OH is 1. The minimum absolute atomic E-state index is 0.186. The molecule has 3 aromatic rings. The van der Waals surface area contributed by atoms with Crippen LogP contribution in [0.4, 0.5) is 0 Å². The van der Waals surface area contributed by atoms with Gasteiger partial charge in [0, 0.05) is 18.9 Å². The van der Waals surface area contributed by atoms with Crippen molar-refractivity contribution in [1.29, 1.82) is 5.26 Å². The Labute approximate surface area is 193 Å². The summed E-state index contributed by atoms with van der Waals surface area (Å²) in [6.07, 6.45) is 2.81. The summed E-state index contributed by atoms with van der Waals surface area (Å²) in [5.74, 6) is -1.22. The molecule has 6 nitrogen and oxygen atoms in total. The zero-order valence-corrected chi connectivity index (χ0v) is 18.8. The van der Waals surface area contributed by atoms with Crippen molar-refractivity contribution in [3.63, 3.8) is 0 Å². The lowest BCUT2D eigenvalue weighted by atomic mass is 9.81. The summed E-state index contributed by atoms with van der Waals surface area (Å²) in [4.78, 5) is 16.4. The van der Waals surface area contributed by atoms with E-state index in [1.807, 2.05) is 59.2 Å². The Morgan fingerprint density at radius 3 is 2.41 bits per heavy atom. The number of benzene rings is 2. The van der Waals surface area contributed by atoms with E-state index in [1.165, 1.54) is 0 Å². The summed E-state index contributed by atoms with van der Waals surface area (Å²) in [6.45, 7) is 2.45. The number of imidazole rings is 1. The Morgan fingerprint density at radius 2 is 1.84 bits per heavy atom. The molecule has 1 aromatic heterocycles. The minimum atomic E-state index is -0.975. The van der Waals surface area contributed by atoms with E-state index in [2.05, 4.69) is 18.0 Å². The van der Waals surface area contributed by atoms with E-state index in [1.54, 1.807) is 0 Å². The van der Waals surface area contributed by atoms with Crippen molar-refractivity contribution in [3.05, 3.63) is 88.0 Å². The van der Waals surface area contributed by atoms with Crippen LogP contribution in [0.25, 0.3) is 0 Å². The summed E-state index contributed by atoms with van der Waals surface area (Å²) >= 11 is 6.24. The molecule has 2 aromatic carbocycles. The lowest BCUT2D eigenvalue weighted by Crippen LogP contribution is -2.28. The molecule has 7 heteroatoms. The molecule has 3 N–H and O–H groups in total. The summed E-state index contributed by atoms with van der Waals surface area (Å²) < 4.78 is 1.96. The monoisotopic (exact) mass is 450 g/mol. The van der Waals surface area contributed by atoms with Crippen molar-refractivity contribution >= 4 is 17.5 Å². The lowest BCUT2D eigenvalue weighted by Gasteiger charge is -2.21. The van der Waals surface area contributed by atoms with Crippen LogP contribution < -0.4 is 5.73 Å². The molecule has 1 amide bonds. The van der Waals surface area contributed by atoms with Crippen molar-refractivity contribution in [3.8, 4) is 6.07 Å². The van der Waals surface area contributed by atoms with Crippen LogP contribution in [0.1, 0.15) is 53.9 Å². The van der Waals surface area contributed by atoms with E-state index in [0.717, 1.165) is 41.8 Å². The molecule has 0 fully saturated rings. The number of rotatable bonds is 10. The molecule has 0 radical (unpaired) electrons. The molecular formula is C25H27ClN4O2. The molecule has 32 heavy (non-hydrogen) atoms. The molecule has 0 spiro atoms. The van der Waals surface area contributed by atoms with Crippen LogP contribution >= 0.6 is 11.6 Å². The third-order valence-corrected chi connectivity index (χ3v) is 5.93. The van der Waals surface area contributed by atoms with Gasteiger partial charge in [-0.3, -0.25) is 4.79 Å². The van der Waals surface area contributed by atoms with E-state index in [0.29, 0.717) is 17.4 Å². The number of halogens is 1. The quantitative estimate of drug-likeness (QED) is 0.483. The predicted octanol–water partition coefficient (Wildman–Crippen LogP) is 4.18. The third kappa shape index (κ3) is 5.18. The van der Waals surface area contributed by atoms with E-state index in [-0.39, 0.29) is 6.61 Å². The standard InChI is InChI=1S/C25H27ClN4O2/c1-2-3-9-22-29-24(26)21(16-31)30(22)15-17-10-12-19(13-11-17)23(20(14-27)25(28)32)18-7-5-4-6-8-18/h4-8,10-13,20,23,31H,2-3,9,15-16H2,1H3,(H2,28,32). The highest BCUT2D eigenvalue weighted by Gasteiger charge is 2.29. The Hall–Kier alpha value is -3.14. The number of nitrogens with zero attached hydrogens (tertiary/aromatic N) is 3. The zero-order valence-electron chi connectivity index (χ0n) is 18.0. The Kier molecular flexibility index (Phi) is 8.04. The van der Waals surface area contributed by atoms with E-state index in [9.17, 15) is 15.2 Å². The average Bonchev–Trinajstić information content (AvgIpc) is 3.10. The van der Waals surface area contributed by atoms with Gasteiger partial charge in [0.25, 0.3) is 0 Å². The number of nitrogens with two attached hydrogens (primary N) is 1. The van der Waals surface area contributed by atoms with Gasteiger partial charge in [-0.15, -0.1) is 0 Å². The molecule has 0 saturated heterocycles. The van der Waals surface area contributed by atoms with Crippen LogP contribution in [0.5, 0.6) is 0 Å². The lowest BCUT2D eigenvalue weighted by molar-refractivity contribution is -0.120. The first-order valence-corrected chi connectivity index (χ1v) is 11.0. The van der Waals surface area contributed by atoms with Gasteiger partial charge in [0.05, 0.1) is 18.4 Å². The maximum absolute atomic E-state index is 12.0. The first-order chi connectivity index (χ1) is 15.5. The number of hydrogen-bond acceptors (Lipinski definition) is 4. The second-order valence-electron chi connectivity index (χ2n) is 7.75. The van der Waals surface area contributed by atoms with Crippen molar-refractivity contribution in [2.45, 2.75) is 45.3 Å². The first kappa shape index (κ1) is 23.5. The van der Waals surface area contributed by atoms with Gasteiger partial charge >= 0.3 is 0 Å². The number of primary amides is 1. The fourth-order valence-electron chi connectivity index (χ4n) is 3.92. The van der Waals surface area contributed by atoms with Gasteiger partial charge in [-0.25, -0.2) is 4.98 Å². The predicted molar refractivity (Wildman–Crippen MR) is 124 cm³/mol. The summed E-state index contributed by atoms with van der Waals surface area (Å²) in [7, 11) is 0. The highest BCUT2D eigenvalue weighted by atomic mass is 35.5. The fourth-order valence-corrected chi connectivity index (χ4v) is 4.18. The van der Waals surface area contributed by atoms with Crippen LogP contribution in [0.3, 0.4) is 0 Å². The molecule has 0 aliphatic carbocycles. The summed E-state index contributed by atoms with van der Waals surface area (Å²) in [5.41, 5.74) is 8.83. The van der Waals surface area contributed by atoms with Gasteiger partial charge in [-0.2, -0.15) is 5.26 Å². The Bertz CT molecular complexity index is 1090. The molecule has 166 valence electrons. The zero-order chi connectivity index (χ0) is 23.1. The number of aryl methyl sites for hydroxylation is 1. The van der Waals surface area contributed by atoms with Gasteiger partial charge in [-0.05, 0) is 23.1 Å². The largest absolute Gasteiger partial charge is 0.390 e. The molecule has 1 heterocycles. The number of amides is 1. The molecule has 0 aliphatic rings. The molecule has 0 bridgehead atoms. The van der Waals surface area contributed by atoms with Crippen molar-refractivity contribution < 1.29 is 9.90 Å².